The Morgan fingerprint density at radius 2 is 0.514 bits per heavy atom. The van der Waals surface area contributed by atoms with Crippen molar-refractivity contribution >= 4 is 66.4 Å². The fourth-order valence-corrected chi connectivity index (χ4v) is 11.3. The van der Waals surface area contributed by atoms with Crippen LogP contribution in [0.3, 0.4) is 0 Å². The molecule has 0 aromatic heterocycles. The highest BCUT2D eigenvalue weighted by molar-refractivity contribution is 6.28. The Balaban J connectivity index is 1.04. The molecule has 0 heterocycles. The quantitative estimate of drug-likeness (QED) is 0.0947. The zero-order chi connectivity index (χ0) is 49.2. The van der Waals surface area contributed by atoms with Crippen LogP contribution in [0.1, 0.15) is 33.4 Å². The summed E-state index contributed by atoms with van der Waals surface area (Å²) in [6.45, 7) is 0. The van der Waals surface area contributed by atoms with E-state index in [9.17, 15) is 0 Å². The molecule has 0 bridgehead atoms. The average Bonchev–Trinajstić information content (AvgIpc) is 3.48. The molecule has 0 aliphatic carbocycles. The van der Waals surface area contributed by atoms with Gasteiger partial charge in [-0.15, -0.1) is 0 Å². The monoisotopic (exact) mass is 938 g/mol. The first kappa shape index (κ1) is 44.3. The largest absolute Gasteiger partial charge is 0.0622 e. The van der Waals surface area contributed by atoms with Crippen LogP contribution in [0.5, 0.6) is 0 Å². The SMILES string of the molecule is C(=C(c1ccccc1)c1ccccc1)c1cccc(-c2ccc3ccccc3c2-c2c3ccccc3c(-c3c(-c4cccc(C=C(c5ccccc5)c5ccccc5)c4)ccc4ccccc34)c3ccccc23)c1. The van der Waals surface area contributed by atoms with E-state index in [4.69, 9.17) is 0 Å². The van der Waals surface area contributed by atoms with E-state index in [1.165, 1.54) is 121 Å². The number of fused-ring (bicyclic) bond motifs is 4. The predicted molar refractivity (Wildman–Crippen MR) is 318 cm³/mol. The van der Waals surface area contributed by atoms with E-state index in [-0.39, 0.29) is 0 Å². The van der Waals surface area contributed by atoms with Crippen LogP contribution in [0.2, 0.25) is 0 Å². The summed E-state index contributed by atoms with van der Waals surface area (Å²) in [5.41, 5.74) is 19.1. The number of rotatable bonds is 10. The minimum Gasteiger partial charge on any atom is -0.0622 e. The van der Waals surface area contributed by atoms with Gasteiger partial charge in [0.05, 0.1) is 0 Å². The molecular weight excluding hydrogens is 889 g/mol. The molecule has 0 saturated heterocycles. The third-order valence-electron chi connectivity index (χ3n) is 14.6. The summed E-state index contributed by atoms with van der Waals surface area (Å²) in [5, 5.41) is 9.75. The van der Waals surface area contributed by atoms with E-state index < -0.39 is 0 Å². The van der Waals surface area contributed by atoms with Gasteiger partial charge in [0.25, 0.3) is 0 Å². The van der Waals surface area contributed by atoms with Crippen LogP contribution in [0, 0.1) is 0 Å². The van der Waals surface area contributed by atoms with Crippen molar-refractivity contribution in [2.24, 2.45) is 0 Å². The molecule has 0 nitrogen and oxygen atoms in total. The maximum absolute atomic E-state index is 2.37. The molecule has 0 heteroatoms. The number of benzene rings is 13. The standard InChI is InChI=1S/C74H50/c1-5-25-53(26-6-1)69(54-27-7-2-8-28-54)49-51-23-21-35-59(47-51)63-45-43-57-33-13-15-37-61(57)71(63)73-65-39-17-19-41-67(65)74(68-42-20-18-40-66(68)73)72-62-38-16-14-34-58(62)44-46-64(72)60-36-22-24-52(48-60)50-70(55-29-9-3-10-30-55)56-31-11-4-12-32-56/h1-50H. The lowest BCUT2D eigenvalue weighted by molar-refractivity contribution is 1.55. The van der Waals surface area contributed by atoms with Crippen molar-refractivity contribution < 1.29 is 0 Å². The maximum Gasteiger partial charge on any atom is -0.00139 e. The molecule has 0 N–H and O–H groups in total. The van der Waals surface area contributed by atoms with E-state index in [1.807, 2.05) is 0 Å². The Bertz CT molecular complexity index is 3840. The van der Waals surface area contributed by atoms with Crippen LogP contribution in [0.25, 0.3) is 111 Å². The van der Waals surface area contributed by atoms with Crippen molar-refractivity contribution in [1.82, 2.24) is 0 Å². The Morgan fingerprint density at radius 3 is 0.851 bits per heavy atom. The molecule has 0 aliphatic heterocycles. The molecule has 0 fully saturated rings. The zero-order valence-electron chi connectivity index (χ0n) is 40.9. The molecule has 13 aromatic rings. The summed E-state index contributed by atoms with van der Waals surface area (Å²) < 4.78 is 0. The molecule has 0 saturated carbocycles. The molecule has 13 rings (SSSR count). The van der Waals surface area contributed by atoms with Crippen LogP contribution in [0.4, 0.5) is 0 Å². The molecular formula is C74H50. The van der Waals surface area contributed by atoms with Crippen molar-refractivity contribution in [2.45, 2.75) is 0 Å². The lowest BCUT2D eigenvalue weighted by Gasteiger charge is -2.23. The maximum atomic E-state index is 2.37. The topological polar surface area (TPSA) is 0 Å². The van der Waals surface area contributed by atoms with Crippen molar-refractivity contribution in [2.75, 3.05) is 0 Å². The van der Waals surface area contributed by atoms with Gasteiger partial charge in [-0.2, -0.15) is 0 Å². The summed E-state index contributed by atoms with van der Waals surface area (Å²) in [5.74, 6) is 0. The first-order valence-corrected chi connectivity index (χ1v) is 25.6. The first-order chi connectivity index (χ1) is 36.7. The Labute approximate surface area is 433 Å². The number of hydrogen-bond donors (Lipinski definition) is 0. The van der Waals surface area contributed by atoms with Crippen LogP contribution in [-0.2, 0) is 0 Å². The van der Waals surface area contributed by atoms with Gasteiger partial charge in [0.15, 0.2) is 0 Å². The van der Waals surface area contributed by atoms with Gasteiger partial charge < -0.3 is 0 Å². The second kappa shape index (κ2) is 19.5. The van der Waals surface area contributed by atoms with Gasteiger partial charge in [0.2, 0.25) is 0 Å². The highest BCUT2D eigenvalue weighted by Crippen LogP contribution is 2.51. The van der Waals surface area contributed by atoms with Crippen LogP contribution < -0.4 is 0 Å². The fourth-order valence-electron chi connectivity index (χ4n) is 11.3. The van der Waals surface area contributed by atoms with E-state index in [1.54, 1.807) is 0 Å². The Kier molecular flexibility index (Phi) is 11.7. The minimum absolute atomic E-state index is 1.15. The highest BCUT2D eigenvalue weighted by atomic mass is 14.3. The smallest absolute Gasteiger partial charge is 0.00139 e. The third kappa shape index (κ3) is 8.29. The van der Waals surface area contributed by atoms with Gasteiger partial charge in [-0.3, -0.25) is 0 Å². The molecule has 0 radical (unpaired) electrons. The summed E-state index contributed by atoms with van der Waals surface area (Å²) in [6, 6.07) is 106. The number of hydrogen-bond acceptors (Lipinski definition) is 0. The molecule has 346 valence electrons. The molecule has 13 aromatic carbocycles. The molecule has 0 spiro atoms. The summed E-state index contributed by atoms with van der Waals surface area (Å²) in [6.07, 6.45) is 4.68. The van der Waals surface area contributed by atoms with Gasteiger partial charge in [0.1, 0.15) is 0 Å². The summed E-state index contributed by atoms with van der Waals surface area (Å²) >= 11 is 0. The normalized spacial score (nSPS) is 11.2. The van der Waals surface area contributed by atoms with E-state index in [0.29, 0.717) is 0 Å². The lowest BCUT2D eigenvalue weighted by Crippen LogP contribution is -1.96. The van der Waals surface area contributed by atoms with Gasteiger partial charge in [0, 0.05) is 0 Å². The van der Waals surface area contributed by atoms with Crippen LogP contribution in [0.15, 0.2) is 291 Å². The first-order valence-electron chi connectivity index (χ1n) is 25.6. The van der Waals surface area contributed by atoms with Gasteiger partial charge in [-0.25, -0.2) is 0 Å². The van der Waals surface area contributed by atoms with Crippen molar-refractivity contribution in [3.63, 3.8) is 0 Å². The van der Waals surface area contributed by atoms with Gasteiger partial charge in [-0.05, 0) is 156 Å². The zero-order valence-corrected chi connectivity index (χ0v) is 40.9. The van der Waals surface area contributed by atoms with Crippen molar-refractivity contribution in [1.29, 1.82) is 0 Å². The highest BCUT2D eigenvalue weighted by Gasteiger charge is 2.24. The van der Waals surface area contributed by atoms with Gasteiger partial charge >= 0.3 is 0 Å². The lowest BCUT2D eigenvalue weighted by atomic mass is 9.79. The molecule has 0 atom stereocenters. The second-order valence-electron chi connectivity index (χ2n) is 19.1. The second-order valence-corrected chi connectivity index (χ2v) is 19.1. The third-order valence-corrected chi connectivity index (χ3v) is 14.6. The molecule has 0 aliphatic rings. The van der Waals surface area contributed by atoms with Crippen LogP contribution in [-0.4, -0.2) is 0 Å². The van der Waals surface area contributed by atoms with E-state index in [0.717, 1.165) is 11.1 Å². The Hall–Kier alpha value is -9.62. The molecule has 0 amide bonds. The Morgan fingerprint density at radius 1 is 0.216 bits per heavy atom. The fraction of sp³-hybridized carbons (Fsp3) is 0. The molecule has 0 unspecified atom stereocenters. The molecule has 74 heavy (non-hydrogen) atoms. The van der Waals surface area contributed by atoms with Crippen LogP contribution >= 0.6 is 0 Å². The summed E-state index contributed by atoms with van der Waals surface area (Å²) in [4.78, 5) is 0. The van der Waals surface area contributed by atoms with Gasteiger partial charge in [-0.1, -0.05) is 279 Å². The minimum atomic E-state index is 1.15. The van der Waals surface area contributed by atoms with Crippen molar-refractivity contribution in [3.05, 3.63) is 325 Å². The summed E-state index contributed by atoms with van der Waals surface area (Å²) in [7, 11) is 0. The van der Waals surface area contributed by atoms with E-state index >= 15 is 0 Å². The van der Waals surface area contributed by atoms with Crippen molar-refractivity contribution in [3.8, 4) is 44.5 Å². The predicted octanol–water partition coefficient (Wildman–Crippen LogP) is 20.1. The van der Waals surface area contributed by atoms with E-state index in [2.05, 4.69) is 303 Å². The average molecular weight is 939 g/mol.